The normalized spacial score (nSPS) is 19.1. The minimum absolute atomic E-state index is 0.0764. The minimum atomic E-state index is -0.397. The van der Waals surface area contributed by atoms with Gasteiger partial charge in [0.2, 0.25) is 11.8 Å². The molecule has 1 fully saturated rings. The van der Waals surface area contributed by atoms with Crippen molar-refractivity contribution in [3.63, 3.8) is 0 Å². The van der Waals surface area contributed by atoms with E-state index in [0.717, 1.165) is 38.6 Å². The molecule has 0 aromatic carbocycles. The molecule has 2 amide bonds. The molecule has 1 aliphatic heterocycles. The second-order valence-electron chi connectivity index (χ2n) is 7.14. The van der Waals surface area contributed by atoms with Gasteiger partial charge in [-0.15, -0.1) is 0 Å². The fraction of sp³-hybridized carbons (Fsp3) is 0.895. The second kappa shape index (κ2) is 12.3. The molecular weight excluding hydrogens is 304 g/mol. The number of rotatable bonds is 11. The maximum atomic E-state index is 12.5. The predicted molar refractivity (Wildman–Crippen MR) is 95.7 cm³/mol. The Morgan fingerprint density at radius 2 is 1.71 bits per heavy atom. The second-order valence-corrected chi connectivity index (χ2v) is 7.14. The molecule has 1 heterocycles. The average Bonchev–Trinajstić information content (AvgIpc) is 2.62. The van der Waals surface area contributed by atoms with Gasteiger partial charge in [0.05, 0.1) is 5.92 Å². The van der Waals surface area contributed by atoms with Crippen LogP contribution in [0.25, 0.3) is 0 Å². The fourth-order valence-corrected chi connectivity index (χ4v) is 3.62. The Balaban J connectivity index is 2.29. The van der Waals surface area contributed by atoms with Crippen LogP contribution >= 0.6 is 0 Å². The summed E-state index contributed by atoms with van der Waals surface area (Å²) in [7, 11) is 0. The molecule has 0 radical (unpaired) electrons. The summed E-state index contributed by atoms with van der Waals surface area (Å²) in [5.41, 5.74) is 1.73. The van der Waals surface area contributed by atoms with E-state index < -0.39 is 5.91 Å². The van der Waals surface area contributed by atoms with Gasteiger partial charge in [-0.05, 0) is 25.7 Å². The molecule has 0 spiro atoms. The molecule has 5 heteroatoms. The number of amides is 2. The summed E-state index contributed by atoms with van der Waals surface area (Å²) in [6, 6.07) is -0.0764. The maximum absolute atomic E-state index is 12.5. The number of nitrogens with zero attached hydrogens (tertiary/aromatic N) is 1. The predicted octanol–water partition coefficient (Wildman–Crippen LogP) is 4.04. The number of likely N-dealkylation sites (tertiary alicyclic amines) is 1. The first kappa shape index (κ1) is 20.9. The minimum Gasteiger partial charge on any atom is -0.339 e. The number of nitrogens with one attached hydrogen (secondary N) is 1. The number of piperidine rings is 1. The highest BCUT2D eigenvalue weighted by Crippen LogP contribution is 2.25. The van der Waals surface area contributed by atoms with Crippen LogP contribution < -0.4 is 5.48 Å². The number of unbranched alkanes of at least 4 members (excludes halogenated alkanes) is 7. The van der Waals surface area contributed by atoms with Crippen LogP contribution in [0.4, 0.5) is 0 Å². The van der Waals surface area contributed by atoms with Crippen molar-refractivity contribution in [2.24, 2.45) is 5.92 Å². The highest BCUT2D eigenvalue weighted by Gasteiger charge is 2.33. The third kappa shape index (κ3) is 7.20. The number of hydrogen-bond acceptors (Lipinski definition) is 3. The van der Waals surface area contributed by atoms with E-state index >= 15 is 0 Å². The summed E-state index contributed by atoms with van der Waals surface area (Å²) in [4.78, 5) is 26.1. The molecule has 0 aromatic heterocycles. The van der Waals surface area contributed by atoms with E-state index in [-0.39, 0.29) is 17.9 Å². The van der Waals surface area contributed by atoms with Crippen LogP contribution in [0.3, 0.4) is 0 Å². The first-order chi connectivity index (χ1) is 11.6. The Bertz CT molecular complexity index is 374. The van der Waals surface area contributed by atoms with Crippen molar-refractivity contribution >= 4 is 11.8 Å². The lowest BCUT2D eigenvalue weighted by molar-refractivity contribution is -0.142. The van der Waals surface area contributed by atoms with E-state index in [1.807, 2.05) is 4.90 Å². The van der Waals surface area contributed by atoms with E-state index in [0.29, 0.717) is 6.42 Å². The lowest BCUT2D eigenvalue weighted by Crippen LogP contribution is -2.50. The summed E-state index contributed by atoms with van der Waals surface area (Å²) in [6.45, 7) is 4.76. The quantitative estimate of drug-likeness (QED) is 0.339. The third-order valence-corrected chi connectivity index (χ3v) is 5.21. The number of hydroxylamine groups is 1. The van der Waals surface area contributed by atoms with Crippen LogP contribution in [0, 0.1) is 5.92 Å². The SMILES string of the molecule is CCCCCCCCCCC(=O)N1CCCCC1C(C)C(=O)NO. The van der Waals surface area contributed by atoms with Crippen molar-refractivity contribution in [3.8, 4) is 0 Å². The van der Waals surface area contributed by atoms with Crippen LogP contribution in [0.1, 0.15) is 90.9 Å². The summed E-state index contributed by atoms with van der Waals surface area (Å²) in [5.74, 6) is -0.590. The fourth-order valence-electron chi connectivity index (χ4n) is 3.62. The van der Waals surface area contributed by atoms with Gasteiger partial charge in [0.25, 0.3) is 0 Å². The first-order valence-electron chi connectivity index (χ1n) is 9.85. The standard InChI is InChI=1S/C19H36N2O3/c1-3-4-5-6-7-8-9-10-14-18(22)21-15-12-11-13-17(21)16(2)19(23)20-24/h16-17,24H,3-15H2,1-2H3,(H,20,23). The number of carbonyl (C=O) groups excluding carboxylic acids is 2. The van der Waals surface area contributed by atoms with Crippen molar-refractivity contribution in [2.45, 2.75) is 96.9 Å². The Morgan fingerprint density at radius 1 is 1.08 bits per heavy atom. The largest absolute Gasteiger partial charge is 0.339 e. The molecule has 5 nitrogen and oxygen atoms in total. The first-order valence-corrected chi connectivity index (χ1v) is 9.85. The van der Waals surface area contributed by atoms with Crippen LogP contribution in [-0.4, -0.2) is 34.5 Å². The Hall–Kier alpha value is -1.10. The number of hydrogen-bond donors (Lipinski definition) is 2. The molecule has 1 aliphatic rings. The van der Waals surface area contributed by atoms with Crippen LogP contribution in [-0.2, 0) is 9.59 Å². The zero-order valence-corrected chi connectivity index (χ0v) is 15.6. The van der Waals surface area contributed by atoms with Gasteiger partial charge in [-0.3, -0.25) is 14.8 Å². The van der Waals surface area contributed by atoms with Crippen LogP contribution in [0.5, 0.6) is 0 Å². The van der Waals surface area contributed by atoms with Gasteiger partial charge >= 0.3 is 0 Å². The monoisotopic (exact) mass is 340 g/mol. The summed E-state index contributed by atoms with van der Waals surface area (Å²) < 4.78 is 0. The summed E-state index contributed by atoms with van der Waals surface area (Å²) >= 11 is 0. The van der Waals surface area contributed by atoms with Crippen molar-refractivity contribution in [1.82, 2.24) is 10.4 Å². The average molecular weight is 341 g/mol. The van der Waals surface area contributed by atoms with Gasteiger partial charge < -0.3 is 4.90 Å². The van der Waals surface area contributed by atoms with Gasteiger partial charge in [-0.2, -0.15) is 0 Å². The van der Waals surface area contributed by atoms with Crippen LogP contribution in [0.2, 0.25) is 0 Å². The molecule has 140 valence electrons. The van der Waals surface area contributed by atoms with Crippen molar-refractivity contribution < 1.29 is 14.8 Å². The molecule has 1 rings (SSSR count). The topological polar surface area (TPSA) is 69.6 Å². The van der Waals surface area contributed by atoms with Crippen molar-refractivity contribution in [1.29, 1.82) is 0 Å². The van der Waals surface area contributed by atoms with E-state index in [2.05, 4.69) is 6.92 Å². The van der Waals surface area contributed by atoms with E-state index in [9.17, 15) is 9.59 Å². The molecule has 2 atom stereocenters. The molecule has 2 N–H and O–H groups in total. The molecule has 2 unspecified atom stereocenters. The molecule has 0 aromatic rings. The van der Waals surface area contributed by atoms with E-state index in [1.54, 1.807) is 12.4 Å². The molecule has 0 saturated carbocycles. The Kier molecular flexibility index (Phi) is 10.7. The number of carbonyl (C=O) groups is 2. The molecule has 24 heavy (non-hydrogen) atoms. The summed E-state index contributed by atoms with van der Waals surface area (Å²) in [5, 5.41) is 8.84. The molecule has 0 aliphatic carbocycles. The van der Waals surface area contributed by atoms with Gasteiger partial charge in [0, 0.05) is 19.0 Å². The lowest BCUT2D eigenvalue weighted by atomic mass is 9.90. The highest BCUT2D eigenvalue weighted by molar-refractivity contribution is 5.80. The smallest absolute Gasteiger partial charge is 0.248 e. The molecule has 0 bridgehead atoms. The Labute approximate surface area is 147 Å². The van der Waals surface area contributed by atoms with E-state index in [4.69, 9.17) is 5.21 Å². The van der Waals surface area contributed by atoms with E-state index in [1.165, 1.54) is 38.5 Å². The Morgan fingerprint density at radius 3 is 2.33 bits per heavy atom. The van der Waals surface area contributed by atoms with Gasteiger partial charge in [-0.1, -0.05) is 58.8 Å². The zero-order chi connectivity index (χ0) is 17.8. The maximum Gasteiger partial charge on any atom is 0.248 e. The third-order valence-electron chi connectivity index (χ3n) is 5.21. The van der Waals surface area contributed by atoms with Crippen LogP contribution in [0.15, 0.2) is 0 Å². The zero-order valence-electron chi connectivity index (χ0n) is 15.6. The van der Waals surface area contributed by atoms with Gasteiger partial charge in [-0.25, -0.2) is 5.48 Å². The van der Waals surface area contributed by atoms with Gasteiger partial charge in [0.15, 0.2) is 0 Å². The molecular formula is C19H36N2O3. The molecule has 1 saturated heterocycles. The van der Waals surface area contributed by atoms with Crippen molar-refractivity contribution in [2.75, 3.05) is 6.54 Å². The highest BCUT2D eigenvalue weighted by atomic mass is 16.5. The lowest BCUT2D eigenvalue weighted by Gasteiger charge is -2.38. The van der Waals surface area contributed by atoms with Gasteiger partial charge in [0.1, 0.15) is 0 Å². The van der Waals surface area contributed by atoms with Crippen molar-refractivity contribution in [3.05, 3.63) is 0 Å². The summed E-state index contributed by atoms with van der Waals surface area (Å²) in [6.07, 6.45) is 13.3.